The summed E-state index contributed by atoms with van der Waals surface area (Å²) < 4.78 is 41.6. The van der Waals surface area contributed by atoms with Crippen molar-refractivity contribution in [2.24, 2.45) is 4.99 Å². The number of likely N-dealkylation sites (N-methyl/N-ethyl adjacent to an activating group) is 1. The Bertz CT molecular complexity index is 1240. The van der Waals surface area contributed by atoms with Crippen molar-refractivity contribution >= 4 is 33.4 Å². The molecule has 2 heterocycles. The highest BCUT2D eigenvalue weighted by Gasteiger charge is 2.31. The molecule has 1 fully saturated rings. The maximum atomic E-state index is 13.0. The Hall–Kier alpha value is -2.98. The first-order valence-electron chi connectivity index (χ1n) is 10.6. The van der Waals surface area contributed by atoms with Crippen LogP contribution in [0, 0.1) is 0 Å². The lowest BCUT2D eigenvalue weighted by Crippen LogP contribution is -2.49. The Kier molecular flexibility index (Phi) is 6.66. The lowest BCUT2D eigenvalue weighted by atomic mass is 10.1. The number of carbonyl (C=O) groups excluding carboxylic acids is 2. The van der Waals surface area contributed by atoms with E-state index in [0.717, 1.165) is 42.0 Å². The predicted octanol–water partition coefficient (Wildman–Crippen LogP) is 3.63. The number of hydrogen-bond acceptors (Lipinski definition) is 4. The second-order valence-corrected chi connectivity index (χ2v) is 8.76. The molecule has 10 heteroatoms. The van der Waals surface area contributed by atoms with Gasteiger partial charge in [0, 0.05) is 31.7 Å². The van der Waals surface area contributed by atoms with Gasteiger partial charge in [0.2, 0.25) is 5.91 Å². The Morgan fingerprint density at radius 3 is 2.45 bits per heavy atom. The predicted molar refractivity (Wildman–Crippen MR) is 120 cm³/mol. The molecule has 4 rings (SSSR count). The number of piperazine rings is 1. The minimum Gasteiger partial charge on any atom is -0.339 e. The van der Waals surface area contributed by atoms with Crippen LogP contribution in [0.1, 0.15) is 22.8 Å². The van der Waals surface area contributed by atoms with E-state index in [1.807, 2.05) is 24.3 Å². The molecule has 0 unspecified atom stereocenters. The molecule has 1 saturated heterocycles. The molecule has 1 aliphatic heterocycles. The van der Waals surface area contributed by atoms with Crippen LogP contribution in [-0.4, -0.2) is 58.9 Å². The molecule has 0 saturated carbocycles. The normalized spacial score (nSPS) is 15.9. The first-order valence-corrected chi connectivity index (χ1v) is 11.4. The van der Waals surface area contributed by atoms with Crippen LogP contribution in [0.5, 0.6) is 0 Å². The van der Waals surface area contributed by atoms with E-state index in [4.69, 9.17) is 0 Å². The fourth-order valence-corrected chi connectivity index (χ4v) is 4.82. The molecular formula is C23H23F3N4O2S. The summed E-state index contributed by atoms with van der Waals surface area (Å²) in [5, 5.41) is 0. The average molecular weight is 477 g/mol. The van der Waals surface area contributed by atoms with Gasteiger partial charge in [0.25, 0.3) is 5.91 Å². The van der Waals surface area contributed by atoms with Gasteiger partial charge in [-0.3, -0.25) is 9.59 Å². The zero-order chi connectivity index (χ0) is 23.6. The first kappa shape index (κ1) is 23.2. The summed E-state index contributed by atoms with van der Waals surface area (Å²) >= 11 is 1.22. The first-order chi connectivity index (χ1) is 15.8. The SMILES string of the molecule is CCN1CCN(C(=O)Cn2c(=NC(=O)c3cccc(C(F)(F)F)c3)sc3ccccc32)CC1. The number of aromatic nitrogens is 1. The molecule has 2 amide bonds. The van der Waals surface area contributed by atoms with E-state index in [0.29, 0.717) is 13.1 Å². The molecule has 33 heavy (non-hydrogen) atoms. The van der Waals surface area contributed by atoms with Crippen molar-refractivity contribution in [2.75, 3.05) is 32.7 Å². The number of halogens is 3. The zero-order valence-electron chi connectivity index (χ0n) is 18.0. The molecule has 0 bridgehead atoms. The second kappa shape index (κ2) is 9.48. The summed E-state index contributed by atoms with van der Waals surface area (Å²) in [5.74, 6) is -0.868. The smallest absolute Gasteiger partial charge is 0.339 e. The van der Waals surface area contributed by atoms with Crippen LogP contribution >= 0.6 is 11.3 Å². The van der Waals surface area contributed by atoms with E-state index in [9.17, 15) is 22.8 Å². The highest BCUT2D eigenvalue weighted by atomic mass is 32.1. The Morgan fingerprint density at radius 2 is 1.76 bits per heavy atom. The molecule has 0 atom stereocenters. The largest absolute Gasteiger partial charge is 0.416 e. The lowest BCUT2D eigenvalue weighted by molar-refractivity contribution is -0.137. The van der Waals surface area contributed by atoms with E-state index < -0.39 is 17.6 Å². The number of carbonyl (C=O) groups is 2. The molecule has 0 radical (unpaired) electrons. The topological polar surface area (TPSA) is 57.9 Å². The van der Waals surface area contributed by atoms with Crippen LogP contribution in [0.4, 0.5) is 13.2 Å². The van der Waals surface area contributed by atoms with Crippen LogP contribution in [0.15, 0.2) is 53.5 Å². The van der Waals surface area contributed by atoms with Gasteiger partial charge < -0.3 is 14.4 Å². The van der Waals surface area contributed by atoms with E-state index in [1.54, 1.807) is 9.47 Å². The minimum atomic E-state index is -4.55. The highest BCUT2D eigenvalue weighted by Crippen LogP contribution is 2.29. The molecule has 6 nitrogen and oxygen atoms in total. The highest BCUT2D eigenvalue weighted by molar-refractivity contribution is 7.16. The third-order valence-electron chi connectivity index (χ3n) is 5.69. The van der Waals surface area contributed by atoms with Crippen LogP contribution in [0.3, 0.4) is 0 Å². The second-order valence-electron chi connectivity index (χ2n) is 7.75. The van der Waals surface area contributed by atoms with Gasteiger partial charge in [-0.15, -0.1) is 0 Å². The number of nitrogens with zero attached hydrogens (tertiary/aromatic N) is 4. The number of thiazole rings is 1. The van der Waals surface area contributed by atoms with Crippen molar-refractivity contribution < 1.29 is 22.8 Å². The van der Waals surface area contributed by atoms with Crippen LogP contribution in [0.2, 0.25) is 0 Å². The summed E-state index contributed by atoms with van der Waals surface area (Å²) in [6, 6.07) is 11.6. The fraction of sp³-hybridized carbons (Fsp3) is 0.348. The summed E-state index contributed by atoms with van der Waals surface area (Å²) in [7, 11) is 0. The fourth-order valence-electron chi connectivity index (χ4n) is 3.79. The van der Waals surface area contributed by atoms with E-state index in [-0.39, 0.29) is 22.8 Å². The molecule has 2 aromatic carbocycles. The minimum absolute atomic E-state index is 0.00480. The number of amides is 2. The van der Waals surface area contributed by atoms with Gasteiger partial charge in [-0.1, -0.05) is 36.5 Å². The third kappa shape index (κ3) is 5.17. The van der Waals surface area contributed by atoms with Gasteiger partial charge in [0.1, 0.15) is 6.54 Å². The van der Waals surface area contributed by atoms with Gasteiger partial charge >= 0.3 is 6.18 Å². The number of hydrogen-bond donors (Lipinski definition) is 0. The quantitative estimate of drug-likeness (QED) is 0.578. The summed E-state index contributed by atoms with van der Waals surface area (Å²) in [5.41, 5.74) is -0.316. The van der Waals surface area contributed by atoms with Gasteiger partial charge in [0.15, 0.2) is 4.80 Å². The molecule has 3 aromatic rings. The molecular weight excluding hydrogens is 453 g/mol. The molecule has 0 N–H and O–H groups in total. The van der Waals surface area contributed by atoms with Crippen LogP contribution in [0.25, 0.3) is 10.2 Å². The van der Waals surface area contributed by atoms with Gasteiger partial charge in [0.05, 0.1) is 15.8 Å². The molecule has 0 spiro atoms. The van der Waals surface area contributed by atoms with E-state index in [2.05, 4.69) is 16.8 Å². The average Bonchev–Trinajstić information content (AvgIpc) is 3.15. The monoisotopic (exact) mass is 476 g/mol. The Balaban J connectivity index is 1.66. The number of fused-ring (bicyclic) bond motifs is 1. The Morgan fingerprint density at radius 1 is 1.03 bits per heavy atom. The molecule has 174 valence electrons. The molecule has 0 aliphatic carbocycles. The summed E-state index contributed by atoms with van der Waals surface area (Å²) in [6.07, 6.45) is -4.55. The third-order valence-corrected chi connectivity index (χ3v) is 6.75. The van der Waals surface area contributed by atoms with Crippen LogP contribution in [-0.2, 0) is 17.5 Å². The van der Waals surface area contributed by atoms with Gasteiger partial charge in [-0.05, 0) is 36.9 Å². The molecule has 1 aromatic heterocycles. The van der Waals surface area contributed by atoms with Gasteiger partial charge in [-0.2, -0.15) is 18.2 Å². The zero-order valence-corrected chi connectivity index (χ0v) is 18.8. The van der Waals surface area contributed by atoms with E-state index in [1.165, 1.54) is 23.5 Å². The maximum absolute atomic E-state index is 13.0. The summed E-state index contributed by atoms with van der Waals surface area (Å²) in [4.78, 5) is 34.2. The standard InChI is InChI=1S/C23H23F3N4O2S/c1-2-28-10-12-29(13-11-28)20(31)15-30-18-8-3-4-9-19(18)33-22(30)27-21(32)16-6-5-7-17(14-16)23(24,25)26/h3-9,14H,2,10-13,15H2,1H3. The van der Waals surface area contributed by atoms with E-state index >= 15 is 0 Å². The number of alkyl halides is 3. The van der Waals surface area contributed by atoms with Crippen LogP contribution < -0.4 is 4.80 Å². The Labute approximate surface area is 192 Å². The van der Waals surface area contributed by atoms with Crippen molar-refractivity contribution in [3.05, 3.63) is 64.5 Å². The van der Waals surface area contributed by atoms with Crippen molar-refractivity contribution in [2.45, 2.75) is 19.6 Å². The number of para-hydroxylation sites is 1. The van der Waals surface area contributed by atoms with Crippen molar-refractivity contribution in [3.63, 3.8) is 0 Å². The number of rotatable bonds is 4. The van der Waals surface area contributed by atoms with Gasteiger partial charge in [-0.25, -0.2) is 0 Å². The van der Waals surface area contributed by atoms with Crippen molar-refractivity contribution in [3.8, 4) is 0 Å². The summed E-state index contributed by atoms with van der Waals surface area (Å²) in [6.45, 7) is 5.90. The van der Waals surface area contributed by atoms with Crippen molar-refractivity contribution in [1.29, 1.82) is 0 Å². The maximum Gasteiger partial charge on any atom is 0.416 e. The lowest BCUT2D eigenvalue weighted by Gasteiger charge is -2.34. The van der Waals surface area contributed by atoms with Crippen molar-refractivity contribution in [1.82, 2.24) is 14.4 Å². The number of benzene rings is 2. The molecule has 1 aliphatic rings.